The number of hydrogen-bond acceptors (Lipinski definition) is 5. The van der Waals surface area contributed by atoms with Gasteiger partial charge in [0.15, 0.2) is 0 Å². The van der Waals surface area contributed by atoms with Gasteiger partial charge in [-0.05, 0) is 50.3 Å². The minimum atomic E-state index is -1.09. The largest absolute Gasteiger partial charge is 0.494 e. The number of benzene rings is 1. The van der Waals surface area contributed by atoms with Crippen LogP contribution in [-0.4, -0.2) is 37.9 Å². The second kappa shape index (κ2) is 14.7. The van der Waals surface area contributed by atoms with Crippen molar-refractivity contribution in [1.29, 1.82) is 0 Å². The van der Waals surface area contributed by atoms with Crippen LogP contribution in [0, 0.1) is 0 Å². The van der Waals surface area contributed by atoms with Crippen LogP contribution in [0.4, 0.5) is 4.79 Å². The topological polar surface area (TPSA) is 73.9 Å². The summed E-state index contributed by atoms with van der Waals surface area (Å²) < 4.78 is 15.8. The summed E-state index contributed by atoms with van der Waals surface area (Å²) in [6, 6.07) is 7.93. The molecule has 0 bridgehead atoms. The molecule has 0 spiro atoms. The van der Waals surface area contributed by atoms with Crippen LogP contribution >= 0.6 is 0 Å². The minimum Gasteiger partial charge on any atom is -0.494 e. The van der Waals surface area contributed by atoms with E-state index in [-0.39, 0.29) is 6.61 Å². The Bertz CT molecular complexity index is 617. The highest BCUT2D eigenvalue weighted by atomic mass is 16.5. The third-order valence-electron chi connectivity index (χ3n) is 5.15. The van der Waals surface area contributed by atoms with Gasteiger partial charge in [-0.25, -0.2) is 9.59 Å². The van der Waals surface area contributed by atoms with Gasteiger partial charge in [-0.2, -0.15) is 0 Å². The lowest BCUT2D eigenvalue weighted by Gasteiger charge is -2.31. The zero-order valence-corrected chi connectivity index (χ0v) is 19.1. The summed E-state index contributed by atoms with van der Waals surface area (Å²) in [5, 5.41) is 2.74. The van der Waals surface area contributed by atoms with Gasteiger partial charge in [-0.1, -0.05) is 58.1 Å². The van der Waals surface area contributed by atoms with E-state index in [0.717, 1.165) is 30.8 Å². The number of nitrogens with one attached hydrogen (secondary N) is 1. The molecule has 1 atom stereocenters. The molecule has 0 radical (unpaired) electrons. The van der Waals surface area contributed by atoms with Gasteiger partial charge in [-0.3, -0.25) is 0 Å². The average Bonchev–Trinajstić information content (AvgIpc) is 2.75. The molecule has 1 aromatic carbocycles. The maximum atomic E-state index is 12.7. The molecule has 0 aliphatic carbocycles. The van der Waals surface area contributed by atoms with Crippen molar-refractivity contribution in [2.75, 3.05) is 20.3 Å². The SMILES string of the molecule is CCCCCCCOc1ccc(CCC(CCC)(NC(=O)OC)C(=O)OCC)cc1. The number of methoxy groups -OCH3 is 1. The summed E-state index contributed by atoms with van der Waals surface area (Å²) in [7, 11) is 1.29. The highest BCUT2D eigenvalue weighted by molar-refractivity contribution is 5.85. The first-order valence-corrected chi connectivity index (χ1v) is 11.3. The van der Waals surface area contributed by atoms with E-state index in [4.69, 9.17) is 14.2 Å². The van der Waals surface area contributed by atoms with Crippen LogP contribution in [-0.2, 0) is 20.7 Å². The van der Waals surface area contributed by atoms with Gasteiger partial charge < -0.3 is 19.5 Å². The summed E-state index contributed by atoms with van der Waals surface area (Å²) in [5.41, 5.74) is -0.0207. The maximum Gasteiger partial charge on any atom is 0.407 e. The second-order valence-electron chi connectivity index (χ2n) is 7.58. The zero-order valence-electron chi connectivity index (χ0n) is 19.1. The van der Waals surface area contributed by atoms with Gasteiger partial charge in [-0.15, -0.1) is 0 Å². The van der Waals surface area contributed by atoms with E-state index in [1.54, 1.807) is 6.92 Å². The quantitative estimate of drug-likeness (QED) is 0.302. The average molecular weight is 422 g/mol. The lowest BCUT2D eigenvalue weighted by atomic mass is 9.87. The fourth-order valence-electron chi connectivity index (χ4n) is 3.45. The number of aryl methyl sites for hydroxylation is 1. The van der Waals surface area contributed by atoms with Crippen LogP contribution in [0.1, 0.15) is 77.7 Å². The minimum absolute atomic E-state index is 0.262. The Balaban J connectivity index is 2.68. The van der Waals surface area contributed by atoms with Crippen LogP contribution in [0.5, 0.6) is 5.75 Å². The van der Waals surface area contributed by atoms with E-state index in [1.165, 1.54) is 32.8 Å². The molecule has 6 nitrogen and oxygen atoms in total. The van der Waals surface area contributed by atoms with E-state index >= 15 is 0 Å². The lowest BCUT2D eigenvalue weighted by Crippen LogP contribution is -2.55. The number of carbonyl (C=O) groups is 2. The predicted octanol–water partition coefficient (Wildman–Crippen LogP) is 5.43. The van der Waals surface area contributed by atoms with Crippen LogP contribution < -0.4 is 10.1 Å². The first-order valence-electron chi connectivity index (χ1n) is 11.3. The van der Waals surface area contributed by atoms with E-state index < -0.39 is 17.6 Å². The van der Waals surface area contributed by atoms with Crippen molar-refractivity contribution in [3.8, 4) is 5.75 Å². The van der Waals surface area contributed by atoms with Gasteiger partial charge in [0.2, 0.25) is 0 Å². The fraction of sp³-hybridized carbons (Fsp3) is 0.667. The number of carbonyl (C=O) groups excluding carboxylic acids is 2. The summed E-state index contributed by atoms with van der Waals surface area (Å²) in [6.07, 6.45) is 7.71. The van der Waals surface area contributed by atoms with Crippen molar-refractivity contribution in [2.45, 2.75) is 84.1 Å². The molecule has 1 aromatic rings. The number of alkyl carbamates (subject to hydrolysis) is 1. The van der Waals surface area contributed by atoms with Crippen molar-refractivity contribution < 1.29 is 23.8 Å². The van der Waals surface area contributed by atoms with Crippen LogP contribution in [0.15, 0.2) is 24.3 Å². The molecule has 0 aromatic heterocycles. The van der Waals surface area contributed by atoms with Gasteiger partial charge >= 0.3 is 12.1 Å². The zero-order chi connectivity index (χ0) is 22.2. The molecule has 1 rings (SSSR count). The number of hydrogen-bond donors (Lipinski definition) is 1. The molecular formula is C24H39NO5. The molecule has 1 N–H and O–H groups in total. The van der Waals surface area contributed by atoms with Crippen LogP contribution in [0.3, 0.4) is 0 Å². The van der Waals surface area contributed by atoms with Gasteiger partial charge in [0.05, 0.1) is 20.3 Å². The Labute approximate surface area is 181 Å². The van der Waals surface area contributed by atoms with Gasteiger partial charge in [0, 0.05) is 0 Å². The highest BCUT2D eigenvalue weighted by Crippen LogP contribution is 2.24. The van der Waals surface area contributed by atoms with Crippen molar-refractivity contribution in [1.82, 2.24) is 5.32 Å². The number of amides is 1. The van der Waals surface area contributed by atoms with E-state index in [0.29, 0.717) is 19.3 Å². The van der Waals surface area contributed by atoms with E-state index in [1.807, 2.05) is 31.2 Å². The molecule has 0 aliphatic heterocycles. The number of ether oxygens (including phenoxy) is 3. The van der Waals surface area contributed by atoms with Crippen molar-refractivity contribution in [3.63, 3.8) is 0 Å². The highest BCUT2D eigenvalue weighted by Gasteiger charge is 2.40. The first kappa shape index (κ1) is 25.8. The molecule has 0 saturated heterocycles. The number of rotatable bonds is 15. The molecule has 170 valence electrons. The third-order valence-corrected chi connectivity index (χ3v) is 5.15. The maximum absolute atomic E-state index is 12.7. The molecule has 0 fully saturated rings. The lowest BCUT2D eigenvalue weighted by molar-refractivity contribution is -0.151. The molecule has 0 aliphatic rings. The molecule has 6 heteroatoms. The van der Waals surface area contributed by atoms with Crippen molar-refractivity contribution in [3.05, 3.63) is 29.8 Å². The van der Waals surface area contributed by atoms with E-state index in [9.17, 15) is 9.59 Å². The van der Waals surface area contributed by atoms with Gasteiger partial charge in [0.1, 0.15) is 11.3 Å². The smallest absolute Gasteiger partial charge is 0.407 e. The fourth-order valence-corrected chi connectivity index (χ4v) is 3.45. The monoisotopic (exact) mass is 421 g/mol. The first-order chi connectivity index (χ1) is 14.5. The molecular weight excluding hydrogens is 382 g/mol. The summed E-state index contributed by atoms with van der Waals surface area (Å²) in [4.78, 5) is 24.6. The molecule has 30 heavy (non-hydrogen) atoms. The normalized spacial score (nSPS) is 12.7. The van der Waals surface area contributed by atoms with Crippen molar-refractivity contribution in [2.24, 2.45) is 0 Å². The summed E-state index contributed by atoms with van der Waals surface area (Å²) in [5.74, 6) is 0.437. The Morgan fingerprint density at radius 3 is 2.23 bits per heavy atom. The Hall–Kier alpha value is -2.24. The predicted molar refractivity (Wildman–Crippen MR) is 119 cm³/mol. The van der Waals surface area contributed by atoms with Crippen LogP contribution in [0.2, 0.25) is 0 Å². The Kier molecular flexibility index (Phi) is 12.6. The number of unbranched alkanes of at least 4 members (excludes halogenated alkanes) is 4. The standard InChI is InChI=1S/C24H39NO5/c1-5-8-9-10-11-19-30-21-14-12-20(13-15-21)16-18-24(17-6-2,22(26)29-7-3)25-23(27)28-4/h12-15H,5-11,16-19H2,1-4H3,(H,25,27). The molecule has 1 amide bonds. The van der Waals surface area contributed by atoms with Gasteiger partial charge in [0.25, 0.3) is 0 Å². The summed E-state index contributed by atoms with van der Waals surface area (Å²) in [6.45, 7) is 6.94. The third kappa shape index (κ3) is 9.06. The summed E-state index contributed by atoms with van der Waals surface area (Å²) >= 11 is 0. The molecule has 1 unspecified atom stereocenters. The number of esters is 1. The Morgan fingerprint density at radius 2 is 1.63 bits per heavy atom. The molecule has 0 saturated carbocycles. The van der Waals surface area contributed by atoms with Crippen LogP contribution in [0.25, 0.3) is 0 Å². The molecule has 0 heterocycles. The second-order valence-corrected chi connectivity index (χ2v) is 7.58. The van der Waals surface area contributed by atoms with Crippen molar-refractivity contribution >= 4 is 12.1 Å². The van der Waals surface area contributed by atoms with E-state index in [2.05, 4.69) is 12.2 Å². The Morgan fingerprint density at radius 1 is 0.933 bits per heavy atom.